The van der Waals surface area contributed by atoms with Crippen LogP contribution >= 0.6 is 22.9 Å². The van der Waals surface area contributed by atoms with Gasteiger partial charge in [0.05, 0.1) is 20.6 Å². The summed E-state index contributed by atoms with van der Waals surface area (Å²) in [6.45, 7) is 4.18. The number of rotatable bonds is 7. The Kier molecular flexibility index (Phi) is 7.33. The minimum absolute atomic E-state index is 0.0490. The number of hydrogen-bond acceptors (Lipinski definition) is 6. The molecule has 0 atom stereocenters. The van der Waals surface area contributed by atoms with E-state index in [0.717, 1.165) is 17.7 Å². The van der Waals surface area contributed by atoms with Crippen molar-refractivity contribution in [1.82, 2.24) is 4.98 Å². The summed E-state index contributed by atoms with van der Waals surface area (Å²) in [5.41, 5.74) is 1.30. The fraction of sp³-hybridized carbons (Fsp3) is 0.227. The van der Waals surface area contributed by atoms with Gasteiger partial charge in [-0.05, 0) is 42.3 Å². The van der Waals surface area contributed by atoms with E-state index in [1.54, 1.807) is 17.5 Å². The highest BCUT2D eigenvalue weighted by molar-refractivity contribution is 7.90. The van der Waals surface area contributed by atoms with Crippen LogP contribution in [0.3, 0.4) is 0 Å². The SMILES string of the molecule is CC(C)Cc1nc(C(=O)Nc2ccc(NC(=O)c3cccc(S(C)(=O)=O)c3)c(Cl)c2)cs1. The van der Waals surface area contributed by atoms with E-state index in [0.29, 0.717) is 23.0 Å². The van der Waals surface area contributed by atoms with Crippen LogP contribution in [0.4, 0.5) is 11.4 Å². The number of anilines is 2. The lowest BCUT2D eigenvalue weighted by atomic mass is 10.1. The third kappa shape index (κ3) is 6.15. The van der Waals surface area contributed by atoms with Crippen LogP contribution in [0.2, 0.25) is 5.02 Å². The number of nitrogens with zero attached hydrogens (tertiary/aromatic N) is 1. The van der Waals surface area contributed by atoms with Gasteiger partial charge in [-0.2, -0.15) is 0 Å². The number of nitrogens with one attached hydrogen (secondary N) is 2. The Morgan fingerprint density at radius 2 is 1.84 bits per heavy atom. The lowest BCUT2D eigenvalue weighted by molar-refractivity contribution is 0.101. The number of thiazole rings is 1. The van der Waals surface area contributed by atoms with Crippen LogP contribution in [-0.2, 0) is 16.3 Å². The Balaban J connectivity index is 1.69. The number of sulfone groups is 1. The van der Waals surface area contributed by atoms with Crippen molar-refractivity contribution in [2.75, 3.05) is 16.9 Å². The number of carbonyl (C=O) groups is 2. The summed E-state index contributed by atoms with van der Waals surface area (Å²) >= 11 is 7.73. The van der Waals surface area contributed by atoms with Crippen molar-refractivity contribution >= 4 is 56.0 Å². The van der Waals surface area contributed by atoms with Crippen LogP contribution in [0.1, 0.15) is 39.7 Å². The number of hydrogen-bond donors (Lipinski definition) is 2. The number of amides is 2. The molecule has 3 rings (SSSR count). The molecule has 1 heterocycles. The molecular formula is C22H22ClN3O4S2. The van der Waals surface area contributed by atoms with Crippen molar-refractivity contribution in [1.29, 1.82) is 0 Å². The molecule has 32 heavy (non-hydrogen) atoms. The first kappa shape index (κ1) is 23.9. The van der Waals surface area contributed by atoms with Crippen LogP contribution in [0.5, 0.6) is 0 Å². The average Bonchev–Trinajstić information content (AvgIpc) is 3.17. The van der Waals surface area contributed by atoms with Crippen LogP contribution in [0.15, 0.2) is 52.7 Å². The summed E-state index contributed by atoms with van der Waals surface area (Å²) in [7, 11) is -3.44. The quantitative estimate of drug-likeness (QED) is 0.489. The largest absolute Gasteiger partial charge is 0.321 e. The highest BCUT2D eigenvalue weighted by Crippen LogP contribution is 2.27. The van der Waals surface area contributed by atoms with Crippen LogP contribution < -0.4 is 10.6 Å². The van der Waals surface area contributed by atoms with Crippen molar-refractivity contribution in [3.05, 3.63) is 69.1 Å². The van der Waals surface area contributed by atoms with Crippen molar-refractivity contribution < 1.29 is 18.0 Å². The van der Waals surface area contributed by atoms with Crippen LogP contribution in [0, 0.1) is 5.92 Å². The highest BCUT2D eigenvalue weighted by Gasteiger charge is 2.15. The molecule has 168 valence electrons. The Hall–Kier alpha value is -2.75. The summed E-state index contributed by atoms with van der Waals surface area (Å²) in [4.78, 5) is 29.4. The van der Waals surface area contributed by atoms with E-state index in [1.165, 1.54) is 41.7 Å². The molecule has 0 aliphatic heterocycles. The molecule has 0 saturated heterocycles. The van der Waals surface area contributed by atoms with Crippen molar-refractivity contribution in [3.8, 4) is 0 Å². The topological polar surface area (TPSA) is 105 Å². The zero-order chi connectivity index (χ0) is 23.5. The number of benzene rings is 2. The zero-order valence-electron chi connectivity index (χ0n) is 17.7. The van der Waals surface area contributed by atoms with Gasteiger partial charge in [0, 0.05) is 29.3 Å². The second-order valence-corrected chi connectivity index (χ2v) is 11.0. The van der Waals surface area contributed by atoms with Gasteiger partial charge in [0.1, 0.15) is 5.69 Å². The average molecular weight is 492 g/mol. The van der Waals surface area contributed by atoms with E-state index >= 15 is 0 Å². The maximum Gasteiger partial charge on any atom is 0.275 e. The van der Waals surface area contributed by atoms with E-state index in [4.69, 9.17) is 11.6 Å². The summed E-state index contributed by atoms with van der Waals surface area (Å²) < 4.78 is 23.4. The molecule has 0 radical (unpaired) electrons. The van der Waals surface area contributed by atoms with Gasteiger partial charge >= 0.3 is 0 Å². The van der Waals surface area contributed by atoms with Gasteiger partial charge < -0.3 is 10.6 Å². The summed E-state index contributed by atoms with van der Waals surface area (Å²) in [6.07, 6.45) is 1.88. The molecule has 0 unspecified atom stereocenters. The van der Waals surface area contributed by atoms with Crippen molar-refractivity contribution in [2.24, 2.45) is 5.92 Å². The Morgan fingerprint density at radius 1 is 1.09 bits per heavy atom. The number of carbonyl (C=O) groups excluding carboxylic acids is 2. The first-order valence-electron chi connectivity index (χ1n) is 9.69. The molecule has 10 heteroatoms. The summed E-state index contributed by atoms with van der Waals surface area (Å²) in [5.74, 6) is -0.400. The molecule has 0 bridgehead atoms. The fourth-order valence-corrected chi connectivity index (χ4v) is 4.69. The Labute approximate surface area is 195 Å². The molecule has 0 spiro atoms. The molecule has 0 saturated carbocycles. The molecular weight excluding hydrogens is 470 g/mol. The molecule has 2 N–H and O–H groups in total. The van der Waals surface area contributed by atoms with E-state index in [-0.39, 0.29) is 21.4 Å². The number of aromatic nitrogens is 1. The zero-order valence-corrected chi connectivity index (χ0v) is 20.1. The maximum absolute atomic E-state index is 12.5. The molecule has 2 aromatic carbocycles. The first-order chi connectivity index (χ1) is 15.0. The molecule has 1 aromatic heterocycles. The second-order valence-electron chi connectivity index (χ2n) is 7.63. The van der Waals surface area contributed by atoms with Gasteiger partial charge in [-0.15, -0.1) is 11.3 Å². The van der Waals surface area contributed by atoms with Gasteiger partial charge in [0.25, 0.3) is 11.8 Å². The smallest absolute Gasteiger partial charge is 0.275 e. The predicted octanol–water partition coefficient (Wildman–Crippen LogP) is 4.90. The number of halogens is 1. The Bertz CT molecular complexity index is 1270. The molecule has 3 aromatic rings. The third-order valence-electron chi connectivity index (χ3n) is 4.37. The van der Waals surface area contributed by atoms with Gasteiger partial charge in [0.2, 0.25) is 0 Å². The lowest BCUT2D eigenvalue weighted by Gasteiger charge is -2.10. The standard InChI is InChI=1S/C22H22ClN3O4S2/c1-13(2)9-20-25-19(12-31-20)22(28)24-15-7-8-18(17(23)11-15)26-21(27)14-5-4-6-16(10-14)32(3,29)30/h4-8,10-13H,9H2,1-3H3,(H,24,28)(H,26,27). The van der Waals surface area contributed by atoms with Gasteiger partial charge in [-0.25, -0.2) is 13.4 Å². The predicted molar refractivity (Wildman–Crippen MR) is 128 cm³/mol. The van der Waals surface area contributed by atoms with Gasteiger partial charge in [-0.1, -0.05) is 31.5 Å². The minimum Gasteiger partial charge on any atom is -0.321 e. The summed E-state index contributed by atoms with van der Waals surface area (Å²) in [6, 6.07) is 10.4. The van der Waals surface area contributed by atoms with E-state index in [9.17, 15) is 18.0 Å². The van der Waals surface area contributed by atoms with Gasteiger partial charge in [-0.3, -0.25) is 9.59 Å². The molecule has 2 amide bonds. The molecule has 0 fully saturated rings. The normalized spacial score (nSPS) is 11.4. The third-order valence-corrected chi connectivity index (χ3v) is 6.66. The van der Waals surface area contributed by atoms with E-state index in [1.807, 2.05) is 0 Å². The lowest BCUT2D eigenvalue weighted by Crippen LogP contribution is -2.14. The second kappa shape index (κ2) is 9.81. The molecule has 0 aliphatic rings. The highest BCUT2D eigenvalue weighted by atomic mass is 35.5. The molecule has 0 aliphatic carbocycles. The van der Waals surface area contributed by atoms with Gasteiger partial charge in [0.15, 0.2) is 9.84 Å². The van der Waals surface area contributed by atoms with Crippen molar-refractivity contribution in [3.63, 3.8) is 0 Å². The summed E-state index contributed by atoms with van der Waals surface area (Å²) in [5, 5.41) is 8.23. The minimum atomic E-state index is -3.44. The Morgan fingerprint density at radius 3 is 2.50 bits per heavy atom. The first-order valence-corrected chi connectivity index (χ1v) is 12.8. The fourth-order valence-electron chi connectivity index (χ4n) is 2.81. The van der Waals surface area contributed by atoms with E-state index < -0.39 is 15.7 Å². The monoisotopic (exact) mass is 491 g/mol. The molecule has 7 nitrogen and oxygen atoms in total. The van der Waals surface area contributed by atoms with E-state index in [2.05, 4.69) is 29.5 Å². The van der Waals surface area contributed by atoms with Crippen LogP contribution in [-0.4, -0.2) is 31.5 Å². The van der Waals surface area contributed by atoms with Crippen LogP contribution in [0.25, 0.3) is 0 Å². The van der Waals surface area contributed by atoms with Crippen molar-refractivity contribution in [2.45, 2.75) is 25.2 Å². The maximum atomic E-state index is 12.5.